The zero-order valence-electron chi connectivity index (χ0n) is 15.8. The van der Waals surface area contributed by atoms with Crippen molar-refractivity contribution in [3.63, 3.8) is 0 Å². The third kappa shape index (κ3) is 4.79. The summed E-state index contributed by atoms with van der Waals surface area (Å²) in [6, 6.07) is 17.2. The average molecular weight is 365 g/mol. The van der Waals surface area contributed by atoms with Crippen molar-refractivity contribution in [2.24, 2.45) is 4.99 Å². The minimum absolute atomic E-state index is 0.832. The molecule has 0 amide bonds. The molecule has 2 aromatic carbocycles. The fourth-order valence-corrected chi connectivity index (χ4v) is 4.19. The minimum Gasteiger partial charge on any atom is -0.372 e. The van der Waals surface area contributed by atoms with Crippen molar-refractivity contribution in [3.05, 3.63) is 65.7 Å². The molecule has 0 saturated carbocycles. The first-order chi connectivity index (χ1) is 12.8. The number of benzodiazepines with no additional fused rings is 1. The van der Waals surface area contributed by atoms with E-state index in [1.165, 1.54) is 46.7 Å². The molecule has 3 rings (SSSR count). The van der Waals surface area contributed by atoms with E-state index in [9.17, 15) is 0 Å². The van der Waals surface area contributed by atoms with Crippen LogP contribution in [0, 0.1) is 0 Å². The van der Waals surface area contributed by atoms with Crippen LogP contribution in [0.4, 0.5) is 5.69 Å². The first-order valence-corrected chi connectivity index (χ1v) is 10.5. The molecule has 0 bridgehead atoms. The Morgan fingerprint density at radius 1 is 1.04 bits per heavy atom. The van der Waals surface area contributed by atoms with Gasteiger partial charge in [-0.05, 0) is 35.9 Å². The molecule has 1 aliphatic heterocycles. The molecule has 136 valence electrons. The zero-order valence-corrected chi connectivity index (χ0v) is 16.6. The van der Waals surface area contributed by atoms with Crippen LogP contribution in [0.2, 0.25) is 0 Å². The van der Waals surface area contributed by atoms with Crippen molar-refractivity contribution in [1.82, 2.24) is 0 Å². The lowest BCUT2D eigenvalue weighted by atomic mass is 10.1. The van der Waals surface area contributed by atoms with Crippen LogP contribution in [0.15, 0.2) is 64.5 Å². The van der Waals surface area contributed by atoms with Crippen LogP contribution in [-0.2, 0) is 0 Å². The quantitative estimate of drug-likeness (QED) is 0.447. The number of unbranched alkanes of at least 4 members (excludes halogenated alkanes) is 2. The summed E-state index contributed by atoms with van der Waals surface area (Å²) >= 11 is 1.96. The SMILES string of the molecule is CCCCCSc1ccccc1/C=C/C1=NCCN(C)c2ccccc21. The number of likely N-dealkylation sites (N-methyl/N-ethyl adjacent to an activating group) is 1. The number of nitrogens with zero attached hydrogens (tertiary/aromatic N) is 2. The van der Waals surface area contributed by atoms with Crippen LogP contribution in [-0.4, -0.2) is 31.6 Å². The van der Waals surface area contributed by atoms with E-state index >= 15 is 0 Å². The molecular weight excluding hydrogens is 336 g/mol. The zero-order chi connectivity index (χ0) is 18.2. The smallest absolute Gasteiger partial charge is 0.0668 e. The summed E-state index contributed by atoms with van der Waals surface area (Å²) in [4.78, 5) is 8.48. The van der Waals surface area contributed by atoms with Gasteiger partial charge in [0.25, 0.3) is 0 Å². The van der Waals surface area contributed by atoms with E-state index in [-0.39, 0.29) is 0 Å². The van der Waals surface area contributed by atoms with Gasteiger partial charge in [0.15, 0.2) is 0 Å². The maximum absolute atomic E-state index is 4.83. The van der Waals surface area contributed by atoms with Gasteiger partial charge in [-0.15, -0.1) is 11.8 Å². The molecule has 0 unspecified atom stereocenters. The van der Waals surface area contributed by atoms with E-state index in [2.05, 4.69) is 79.6 Å². The van der Waals surface area contributed by atoms with E-state index in [1.54, 1.807) is 0 Å². The Morgan fingerprint density at radius 3 is 2.73 bits per heavy atom. The second-order valence-electron chi connectivity index (χ2n) is 6.63. The summed E-state index contributed by atoms with van der Waals surface area (Å²) in [7, 11) is 2.14. The summed E-state index contributed by atoms with van der Waals surface area (Å²) in [5.74, 6) is 1.19. The third-order valence-electron chi connectivity index (χ3n) is 4.65. The molecule has 0 radical (unpaired) electrons. The molecule has 26 heavy (non-hydrogen) atoms. The maximum Gasteiger partial charge on any atom is 0.0668 e. The lowest BCUT2D eigenvalue weighted by molar-refractivity contribution is 0.778. The van der Waals surface area contributed by atoms with Crippen molar-refractivity contribution in [1.29, 1.82) is 0 Å². The van der Waals surface area contributed by atoms with Gasteiger partial charge in [0.1, 0.15) is 0 Å². The van der Waals surface area contributed by atoms with Crippen molar-refractivity contribution in [2.75, 3.05) is 30.8 Å². The number of hydrogen-bond donors (Lipinski definition) is 0. The molecule has 0 fully saturated rings. The largest absolute Gasteiger partial charge is 0.372 e. The third-order valence-corrected chi connectivity index (χ3v) is 5.83. The fourth-order valence-electron chi connectivity index (χ4n) is 3.14. The molecule has 2 nitrogen and oxygen atoms in total. The van der Waals surface area contributed by atoms with Crippen LogP contribution < -0.4 is 4.90 Å². The van der Waals surface area contributed by atoms with Gasteiger partial charge in [0, 0.05) is 29.7 Å². The Bertz CT molecular complexity index is 779. The molecular formula is C23H28N2S. The van der Waals surface area contributed by atoms with Crippen LogP contribution in [0.3, 0.4) is 0 Å². The Kier molecular flexibility index (Phi) is 6.96. The van der Waals surface area contributed by atoms with Crippen LogP contribution in [0.5, 0.6) is 0 Å². The molecule has 1 heterocycles. The Labute approximate surface area is 162 Å². The maximum atomic E-state index is 4.83. The van der Waals surface area contributed by atoms with Gasteiger partial charge < -0.3 is 4.90 Å². The summed E-state index contributed by atoms with van der Waals surface area (Å²) in [5.41, 5.74) is 4.84. The first kappa shape index (κ1) is 18.8. The highest BCUT2D eigenvalue weighted by molar-refractivity contribution is 7.99. The average Bonchev–Trinajstić information content (AvgIpc) is 2.84. The van der Waals surface area contributed by atoms with E-state index in [0.717, 1.165) is 18.8 Å². The molecule has 0 N–H and O–H groups in total. The second-order valence-corrected chi connectivity index (χ2v) is 7.77. The van der Waals surface area contributed by atoms with Crippen molar-refractivity contribution >= 4 is 29.2 Å². The van der Waals surface area contributed by atoms with Crippen molar-refractivity contribution in [2.45, 2.75) is 31.1 Å². The molecule has 0 spiro atoms. The highest BCUT2D eigenvalue weighted by Gasteiger charge is 2.13. The van der Waals surface area contributed by atoms with Gasteiger partial charge in [0.05, 0.1) is 12.3 Å². The number of thioether (sulfide) groups is 1. The molecule has 0 atom stereocenters. The van der Waals surface area contributed by atoms with Gasteiger partial charge >= 0.3 is 0 Å². The van der Waals surface area contributed by atoms with Gasteiger partial charge in [0.2, 0.25) is 0 Å². The first-order valence-electron chi connectivity index (χ1n) is 9.54. The fraction of sp³-hybridized carbons (Fsp3) is 0.348. The summed E-state index contributed by atoms with van der Waals surface area (Å²) in [5, 5.41) is 0. The lowest BCUT2D eigenvalue weighted by Gasteiger charge is -2.18. The molecule has 2 aromatic rings. The summed E-state index contributed by atoms with van der Waals surface area (Å²) < 4.78 is 0. The van der Waals surface area contributed by atoms with Gasteiger partial charge in [-0.3, -0.25) is 4.99 Å². The minimum atomic E-state index is 0.832. The molecule has 3 heteroatoms. The second kappa shape index (κ2) is 9.63. The van der Waals surface area contributed by atoms with Gasteiger partial charge in [-0.1, -0.05) is 62.2 Å². The number of allylic oxidation sites excluding steroid dienone is 1. The number of rotatable bonds is 7. The van der Waals surface area contributed by atoms with E-state index in [0.29, 0.717) is 0 Å². The predicted molar refractivity (Wildman–Crippen MR) is 117 cm³/mol. The Balaban J connectivity index is 1.80. The topological polar surface area (TPSA) is 15.6 Å². The lowest BCUT2D eigenvalue weighted by Crippen LogP contribution is -2.20. The highest BCUT2D eigenvalue weighted by atomic mass is 32.2. The van der Waals surface area contributed by atoms with Crippen LogP contribution in [0.1, 0.15) is 37.3 Å². The number of aliphatic imine (C=N–C) groups is 1. The number of anilines is 1. The van der Waals surface area contributed by atoms with Crippen LogP contribution in [0.25, 0.3) is 6.08 Å². The molecule has 0 saturated heterocycles. The Morgan fingerprint density at radius 2 is 1.85 bits per heavy atom. The number of fused-ring (bicyclic) bond motifs is 1. The van der Waals surface area contributed by atoms with Crippen molar-refractivity contribution < 1.29 is 0 Å². The normalized spacial score (nSPS) is 14.2. The predicted octanol–water partition coefficient (Wildman–Crippen LogP) is 5.92. The summed E-state index contributed by atoms with van der Waals surface area (Å²) in [6.07, 6.45) is 8.28. The summed E-state index contributed by atoms with van der Waals surface area (Å²) in [6.45, 7) is 4.04. The van der Waals surface area contributed by atoms with Crippen molar-refractivity contribution in [3.8, 4) is 0 Å². The molecule has 0 aromatic heterocycles. The monoisotopic (exact) mass is 364 g/mol. The number of benzene rings is 2. The standard InChI is InChI=1S/C23H28N2S/c1-3-4-9-18-26-23-13-8-5-10-19(23)14-15-21-20-11-6-7-12-22(20)25(2)17-16-24-21/h5-8,10-15H,3-4,9,16-18H2,1-2H3/b15-14+. The highest BCUT2D eigenvalue weighted by Crippen LogP contribution is 2.26. The number of hydrogen-bond acceptors (Lipinski definition) is 3. The van der Waals surface area contributed by atoms with E-state index in [1.807, 2.05) is 11.8 Å². The van der Waals surface area contributed by atoms with Gasteiger partial charge in [-0.25, -0.2) is 0 Å². The number of para-hydroxylation sites is 1. The van der Waals surface area contributed by atoms with Crippen LogP contribution >= 0.6 is 11.8 Å². The van der Waals surface area contributed by atoms with Gasteiger partial charge in [-0.2, -0.15) is 0 Å². The Hall–Kier alpha value is -2.00. The molecule has 1 aliphatic rings. The molecule has 0 aliphatic carbocycles. The van der Waals surface area contributed by atoms with E-state index < -0.39 is 0 Å². The van der Waals surface area contributed by atoms with E-state index in [4.69, 9.17) is 4.99 Å².